The summed E-state index contributed by atoms with van der Waals surface area (Å²) in [6, 6.07) is 7.82. The van der Waals surface area contributed by atoms with E-state index in [1.807, 2.05) is 6.07 Å². The Bertz CT molecular complexity index is 909. The molecule has 1 unspecified atom stereocenters. The topological polar surface area (TPSA) is 71.9 Å². The molecule has 2 aromatic heterocycles. The second kappa shape index (κ2) is 5.76. The van der Waals surface area contributed by atoms with E-state index in [0.29, 0.717) is 22.4 Å². The van der Waals surface area contributed by atoms with Crippen molar-refractivity contribution >= 4 is 22.6 Å². The molecule has 0 radical (unpaired) electrons. The van der Waals surface area contributed by atoms with Crippen molar-refractivity contribution in [3.05, 3.63) is 47.5 Å². The number of ether oxygens (including phenoxy) is 1. The minimum Gasteiger partial charge on any atom is -0.372 e. The zero-order valence-corrected chi connectivity index (χ0v) is 13.2. The highest BCUT2D eigenvalue weighted by molar-refractivity contribution is 6.05. The van der Waals surface area contributed by atoms with Crippen molar-refractivity contribution in [3.8, 4) is 0 Å². The number of H-pyrrole nitrogens is 1. The number of hydrogen-bond donors (Lipinski definition) is 2. The highest BCUT2D eigenvalue weighted by atomic mass is 19.1. The number of nitrogens with one attached hydrogen (secondary N) is 2. The van der Waals surface area contributed by atoms with E-state index in [0.717, 1.165) is 25.1 Å². The van der Waals surface area contributed by atoms with Crippen molar-refractivity contribution in [2.75, 3.05) is 11.9 Å². The average Bonchev–Trinajstić information content (AvgIpc) is 3.26. The van der Waals surface area contributed by atoms with Crippen LogP contribution in [-0.4, -0.2) is 27.3 Å². The van der Waals surface area contributed by atoms with Gasteiger partial charge in [0.1, 0.15) is 23.4 Å². The second-order valence-corrected chi connectivity index (χ2v) is 5.95. The van der Waals surface area contributed by atoms with Crippen LogP contribution in [0.5, 0.6) is 0 Å². The lowest BCUT2D eigenvalue weighted by Gasteiger charge is -2.03. The molecule has 124 valence electrons. The monoisotopic (exact) mass is 328 g/mol. The molecule has 0 aliphatic carbocycles. The number of carbonyl (C=O) groups is 1. The third kappa shape index (κ3) is 2.67. The standard InChI is InChI=1S/C17H17FN4O2/c1-22-16(9-13(21-22)15-3-2-6-24-15)20-17(23)14-8-10-7-11(18)4-5-12(10)19-14/h4-5,7-9,15,19H,2-3,6H2,1H3,(H,20,23). The molecule has 2 N–H and O–H groups in total. The Hall–Kier alpha value is -2.67. The number of anilines is 1. The van der Waals surface area contributed by atoms with E-state index in [2.05, 4.69) is 15.4 Å². The maximum absolute atomic E-state index is 13.3. The zero-order chi connectivity index (χ0) is 16.7. The summed E-state index contributed by atoms with van der Waals surface area (Å²) in [5.74, 6) is -0.0369. The van der Waals surface area contributed by atoms with Crippen LogP contribution in [0.25, 0.3) is 10.9 Å². The number of rotatable bonds is 3. The average molecular weight is 328 g/mol. The summed E-state index contributed by atoms with van der Waals surface area (Å²) in [6.07, 6.45) is 1.96. The van der Waals surface area contributed by atoms with E-state index in [-0.39, 0.29) is 17.8 Å². The van der Waals surface area contributed by atoms with Gasteiger partial charge in [-0.1, -0.05) is 0 Å². The van der Waals surface area contributed by atoms with Crippen LogP contribution < -0.4 is 5.32 Å². The van der Waals surface area contributed by atoms with Gasteiger partial charge >= 0.3 is 0 Å². The molecule has 3 aromatic rings. The van der Waals surface area contributed by atoms with Crippen molar-refractivity contribution in [2.45, 2.75) is 18.9 Å². The summed E-state index contributed by atoms with van der Waals surface area (Å²) in [5.41, 5.74) is 1.91. The number of aromatic nitrogens is 3. The smallest absolute Gasteiger partial charge is 0.273 e. The molecular formula is C17H17FN4O2. The van der Waals surface area contributed by atoms with Gasteiger partial charge in [-0.25, -0.2) is 4.39 Å². The maximum atomic E-state index is 13.3. The van der Waals surface area contributed by atoms with Gasteiger partial charge in [0, 0.05) is 30.6 Å². The minimum atomic E-state index is -0.332. The molecule has 1 fully saturated rings. The van der Waals surface area contributed by atoms with Crippen molar-refractivity contribution in [1.82, 2.24) is 14.8 Å². The van der Waals surface area contributed by atoms with Gasteiger partial charge in [0.2, 0.25) is 0 Å². The van der Waals surface area contributed by atoms with Gasteiger partial charge in [0.05, 0.1) is 5.69 Å². The van der Waals surface area contributed by atoms with E-state index in [4.69, 9.17) is 4.74 Å². The molecule has 4 rings (SSSR count). The Labute approximate surface area is 137 Å². The number of fused-ring (bicyclic) bond motifs is 1. The van der Waals surface area contributed by atoms with Crippen LogP contribution >= 0.6 is 0 Å². The molecule has 1 aliphatic rings. The van der Waals surface area contributed by atoms with Gasteiger partial charge in [0.25, 0.3) is 5.91 Å². The maximum Gasteiger partial charge on any atom is 0.273 e. The number of benzene rings is 1. The van der Waals surface area contributed by atoms with Crippen LogP contribution in [0.2, 0.25) is 0 Å². The van der Waals surface area contributed by atoms with Crippen LogP contribution in [-0.2, 0) is 11.8 Å². The quantitative estimate of drug-likeness (QED) is 0.776. The largest absolute Gasteiger partial charge is 0.372 e. The number of nitrogens with zero attached hydrogens (tertiary/aromatic N) is 2. The van der Waals surface area contributed by atoms with Crippen molar-refractivity contribution in [3.63, 3.8) is 0 Å². The lowest BCUT2D eigenvalue weighted by molar-refractivity contribution is 0.102. The molecule has 3 heterocycles. The normalized spacial score (nSPS) is 17.5. The Morgan fingerprint density at radius 1 is 1.42 bits per heavy atom. The number of amides is 1. The van der Waals surface area contributed by atoms with Crippen LogP contribution in [0, 0.1) is 5.82 Å². The summed E-state index contributed by atoms with van der Waals surface area (Å²) in [6.45, 7) is 0.745. The number of hydrogen-bond acceptors (Lipinski definition) is 3. The molecule has 1 atom stereocenters. The Balaban J connectivity index is 1.56. The lowest BCUT2D eigenvalue weighted by Crippen LogP contribution is -2.14. The van der Waals surface area contributed by atoms with Crippen molar-refractivity contribution in [2.24, 2.45) is 7.05 Å². The summed E-state index contributed by atoms with van der Waals surface area (Å²) in [7, 11) is 1.77. The van der Waals surface area contributed by atoms with E-state index in [9.17, 15) is 9.18 Å². The van der Waals surface area contributed by atoms with Crippen molar-refractivity contribution < 1.29 is 13.9 Å². The first-order valence-corrected chi connectivity index (χ1v) is 7.85. The number of aryl methyl sites for hydroxylation is 1. The van der Waals surface area contributed by atoms with Gasteiger partial charge in [0.15, 0.2) is 0 Å². The fourth-order valence-electron chi connectivity index (χ4n) is 2.98. The number of carbonyl (C=O) groups excluding carboxylic acids is 1. The summed E-state index contributed by atoms with van der Waals surface area (Å²) < 4.78 is 20.5. The van der Waals surface area contributed by atoms with Gasteiger partial charge in [-0.2, -0.15) is 5.10 Å². The van der Waals surface area contributed by atoms with Gasteiger partial charge in [-0.05, 0) is 37.1 Å². The molecule has 1 aromatic carbocycles. The Kier molecular flexibility index (Phi) is 3.57. The fourth-order valence-corrected chi connectivity index (χ4v) is 2.98. The summed E-state index contributed by atoms with van der Waals surface area (Å²) in [4.78, 5) is 15.4. The molecule has 0 saturated carbocycles. The molecule has 1 amide bonds. The van der Waals surface area contributed by atoms with E-state index < -0.39 is 0 Å². The molecule has 1 aliphatic heterocycles. The Morgan fingerprint density at radius 2 is 2.29 bits per heavy atom. The fraction of sp³-hybridized carbons (Fsp3) is 0.294. The third-order valence-corrected chi connectivity index (χ3v) is 4.23. The minimum absolute atomic E-state index is 0.00194. The van der Waals surface area contributed by atoms with Crippen LogP contribution in [0.3, 0.4) is 0 Å². The van der Waals surface area contributed by atoms with E-state index in [1.165, 1.54) is 12.1 Å². The van der Waals surface area contributed by atoms with Gasteiger partial charge in [-0.3, -0.25) is 9.48 Å². The van der Waals surface area contributed by atoms with Crippen LogP contribution in [0.15, 0.2) is 30.3 Å². The molecule has 1 saturated heterocycles. The highest BCUT2D eigenvalue weighted by Crippen LogP contribution is 2.29. The first kappa shape index (κ1) is 14.9. The first-order valence-electron chi connectivity index (χ1n) is 7.85. The van der Waals surface area contributed by atoms with Crippen LogP contribution in [0.1, 0.15) is 35.1 Å². The molecule has 24 heavy (non-hydrogen) atoms. The third-order valence-electron chi connectivity index (χ3n) is 4.23. The van der Waals surface area contributed by atoms with E-state index in [1.54, 1.807) is 23.9 Å². The zero-order valence-electron chi connectivity index (χ0n) is 13.2. The Morgan fingerprint density at radius 3 is 3.08 bits per heavy atom. The first-order chi connectivity index (χ1) is 11.6. The number of aromatic amines is 1. The SMILES string of the molecule is Cn1nc(C2CCCO2)cc1NC(=O)c1cc2cc(F)ccc2[nH]1. The summed E-state index contributed by atoms with van der Waals surface area (Å²) >= 11 is 0. The molecule has 7 heteroatoms. The molecule has 6 nitrogen and oxygen atoms in total. The predicted molar refractivity (Wildman–Crippen MR) is 87.3 cm³/mol. The predicted octanol–water partition coefficient (Wildman–Crippen LogP) is 3.14. The number of halogens is 1. The van der Waals surface area contributed by atoms with Crippen LogP contribution in [0.4, 0.5) is 10.2 Å². The lowest BCUT2D eigenvalue weighted by atomic mass is 10.2. The summed E-state index contributed by atoms with van der Waals surface area (Å²) in [5, 5.41) is 7.90. The van der Waals surface area contributed by atoms with Gasteiger partial charge < -0.3 is 15.0 Å². The van der Waals surface area contributed by atoms with Gasteiger partial charge in [-0.15, -0.1) is 0 Å². The highest BCUT2D eigenvalue weighted by Gasteiger charge is 2.22. The molecular weight excluding hydrogens is 311 g/mol. The molecule has 0 bridgehead atoms. The van der Waals surface area contributed by atoms with Crippen molar-refractivity contribution in [1.29, 1.82) is 0 Å². The second-order valence-electron chi connectivity index (χ2n) is 5.95. The molecule has 0 spiro atoms. The van der Waals surface area contributed by atoms with E-state index >= 15 is 0 Å².